The van der Waals surface area contributed by atoms with E-state index in [9.17, 15) is 4.79 Å². The summed E-state index contributed by atoms with van der Waals surface area (Å²) in [6, 6.07) is 11.0. The Balaban J connectivity index is 1.51. The fourth-order valence-electron chi connectivity index (χ4n) is 5.98. The molecule has 1 atom stereocenters. The lowest BCUT2D eigenvalue weighted by Crippen LogP contribution is -2.31. The zero-order valence-corrected chi connectivity index (χ0v) is 21.9. The van der Waals surface area contributed by atoms with Crippen LogP contribution in [0.2, 0.25) is 0 Å². The highest BCUT2D eigenvalue weighted by Gasteiger charge is 2.31. The Bertz CT molecular complexity index is 984. The van der Waals surface area contributed by atoms with Crippen molar-refractivity contribution in [3.8, 4) is 5.75 Å². The van der Waals surface area contributed by atoms with Crippen LogP contribution in [0.3, 0.4) is 0 Å². The summed E-state index contributed by atoms with van der Waals surface area (Å²) in [6.45, 7) is 14.5. The van der Waals surface area contributed by atoms with E-state index in [1.807, 2.05) is 6.92 Å². The smallest absolute Gasteiger partial charge is 0.306 e. The van der Waals surface area contributed by atoms with Gasteiger partial charge in [-0.05, 0) is 92.1 Å². The molecule has 0 aromatic heterocycles. The van der Waals surface area contributed by atoms with E-state index in [0.29, 0.717) is 30.5 Å². The third-order valence-corrected chi connectivity index (χ3v) is 8.03. The molecule has 1 aliphatic carbocycles. The molecule has 1 aliphatic heterocycles. The van der Waals surface area contributed by atoms with E-state index in [1.165, 1.54) is 34.7 Å². The minimum Gasteiger partial charge on any atom is -0.490 e. The number of benzene rings is 2. The van der Waals surface area contributed by atoms with Gasteiger partial charge in [0.15, 0.2) is 0 Å². The van der Waals surface area contributed by atoms with Gasteiger partial charge in [0, 0.05) is 25.1 Å². The number of hydrogen-bond donors (Lipinski definition) is 0. The van der Waals surface area contributed by atoms with Crippen LogP contribution in [0.15, 0.2) is 30.3 Å². The molecular formula is C30H43NO3. The first kappa shape index (κ1) is 25.0. The van der Waals surface area contributed by atoms with Gasteiger partial charge >= 0.3 is 5.97 Å². The number of nitrogens with zero attached hydrogens (tertiary/aromatic N) is 1. The zero-order valence-electron chi connectivity index (χ0n) is 21.9. The van der Waals surface area contributed by atoms with Gasteiger partial charge in [-0.2, -0.15) is 0 Å². The number of carbonyl (C=O) groups excluding carboxylic acids is 1. The van der Waals surface area contributed by atoms with E-state index in [-0.39, 0.29) is 5.97 Å². The van der Waals surface area contributed by atoms with Crippen molar-refractivity contribution in [3.05, 3.63) is 41.5 Å². The molecule has 0 spiro atoms. The first-order chi connectivity index (χ1) is 16.2. The van der Waals surface area contributed by atoms with E-state index < -0.39 is 0 Å². The molecule has 1 saturated heterocycles. The average Bonchev–Trinajstić information content (AvgIpc) is 3.23. The molecule has 0 N–H and O–H groups in total. The van der Waals surface area contributed by atoms with Crippen molar-refractivity contribution in [2.75, 3.05) is 19.7 Å². The molecule has 4 nitrogen and oxygen atoms in total. The highest BCUT2D eigenvalue weighted by molar-refractivity contribution is 5.90. The van der Waals surface area contributed by atoms with E-state index in [4.69, 9.17) is 9.47 Å². The van der Waals surface area contributed by atoms with Gasteiger partial charge in [-0.3, -0.25) is 9.69 Å². The largest absolute Gasteiger partial charge is 0.490 e. The molecule has 0 bridgehead atoms. The average molecular weight is 466 g/mol. The molecule has 4 heteroatoms. The van der Waals surface area contributed by atoms with Crippen LogP contribution in [0.5, 0.6) is 5.75 Å². The van der Waals surface area contributed by atoms with Crippen molar-refractivity contribution in [2.24, 2.45) is 17.3 Å². The number of carbonyl (C=O) groups is 1. The monoisotopic (exact) mass is 465 g/mol. The second-order valence-electron chi connectivity index (χ2n) is 11.6. The molecule has 0 radical (unpaired) electrons. The minimum absolute atomic E-state index is 0.0648. The van der Waals surface area contributed by atoms with Crippen molar-refractivity contribution in [1.29, 1.82) is 0 Å². The highest BCUT2D eigenvalue weighted by Crippen LogP contribution is 2.40. The lowest BCUT2D eigenvalue weighted by molar-refractivity contribution is -0.144. The highest BCUT2D eigenvalue weighted by atomic mass is 16.5. The van der Waals surface area contributed by atoms with Crippen LogP contribution in [-0.4, -0.2) is 36.7 Å². The van der Waals surface area contributed by atoms with Gasteiger partial charge in [-0.1, -0.05) is 45.0 Å². The standard InChI is InChI=1S/C30H43NO3/c1-6-33-29(32)18-22-15-16-31(19-22)20-27-26-10-8-7-9-25(26)21(2)17-28(27)34-24-13-11-23(12-14-24)30(3,4)5/h7-10,17,22-24H,6,11-16,18-20H2,1-5H3. The Kier molecular flexibility index (Phi) is 7.87. The summed E-state index contributed by atoms with van der Waals surface area (Å²) in [5.41, 5.74) is 2.96. The molecule has 2 aliphatic rings. The number of ether oxygens (including phenoxy) is 2. The van der Waals surface area contributed by atoms with Gasteiger partial charge in [0.1, 0.15) is 5.75 Å². The van der Waals surface area contributed by atoms with Crippen LogP contribution < -0.4 is 4.74 Å². The van der Waals surface area contributed by atoms with Crippen LogP contribution in [0, 0.1) is 24.2 Å². The Hall–Kier alpha value is -2.07. The molecule has 4 rings (SSSR count). The SMILES string of the molecule is CCOC(=O)CC1CCN(Cc2c(OC3CCC(C(C)(C)C)CC3)cc(C)c3ccccc23)C1. The third kappa shape index (κ3) is 5.94. The number of hydrogen-bond acceptors (Lipinski definition) is 4. The van der Waals surface area contributed by atoms with Gasteiger partial charge in [0.25, 0.3) is 0 Å². The Morgan fingerprint density at radius 2 is 1.76 bits per heavy atom. The second-order valence-corrected chi connectivity index (χ2v) is 11.6. The number of fused-ring (bicyclic) bond motifs is 1. The van der Waals surface area contributed by atoms with Crippen LogP contribution >= 0.6 is 0 Å². The predicted octanol–water partition coefficient (Wildman–Crippen LogP) is 6.91. The van der Waals surface area contributed by atoms with Crippen LogP contribution in [0.1, 0.15) is 77.3 Å². The molecule has 2 aromatic rings. The Labute approximate surface area is 206 Å². The second kappa shape index (κ2) is 10.7. The van der Waals surface area contributed by atoms with Gasteiger partial charge in [0.2, 0.25) is 0 Å². The van der Waals surface area contributed by atoms with Crippen molar-refractivity contribution in [3.63, 3.8) is 0 Å². The summed E-state index contributed by atoms with van der Waals surface area (Å²) in [5.74, 6) is 2.16. The number of rotatable bonds is 7. The molecule has 1 unspecified atom stereocenters. The lowest BCUT2D eigenvalue weighted by Gasteiger charge is -2.37. The van der Waals surface area contributed by atoms with Crippen LogP contribution in [0.25, 0.3) is 10.8 Å². The van der Waals surface area contributed by atoms with Gasteiger partial charge < -0.3 is 9.47 Å². The van der Waals surface area contributed by atoms with Gasteiger partial charge in [-0.25, -0.2) is 0 Å². The number of aryl methyl sites for hydroxylation is 1. The first-order valence-electron chi connectivity index (χ1n) is 13.3. The van der Waals surface area contributed by atoms with E-state index >= 15 is 0 Å². The van der Waals surface area contributed by atoms with Crippen LogP contribution in [0.4, 0.5) is 0 Å². The number of esters is 1. The van der Waals surface area contributed by atoms with Crippen LogP contribution in [-0.2, 0) is 16.1 Å². The first-order valence-corrected chi connectivity index (χ1v) is 13.3. The zero-order chi connectivity index (χ0) is 24.3. The maximum absolute atomic E-state index is 12.0. The van der Waals surface area contributed by atoms with E-state index in [1.54, 1.807) is 0 Å². The van der Waals surface area contributed by atoms with Crippen molar-refractivity contribution in [1.82, 2.24) is 4.90 Å². The molecule has 0 amide bonds. The predicted molar refractivity (Wildman–Crippen MR) is 139 cm³/mol. The quantitative estimate of drug-likeness (QED) is 0.417. The summed E-state index contributed by atoms with van der Waals surface area (Å²) in [6.07, 6.45) is 6.65. The minimum atomic E-state index is -0.0648. The van der Waals surface area contributed by atoms with Crippen molar-refractivity contribution in [2.45, 2.75) is 85.8 Å². The molecule has 34 heavy (non-hydrogen) atoms. The molecule has 2 aromatic carbocycles. The Morgan fingerprint density at radius 1 is 1.06 bits per heavy atom. The fourth-order valence-corrected chi connectivity index (χ4v) is 5.98. The summed E-state index contributed by atoms with van der Waals surface area (Å²) in [5, 5.41) is 2.61. The summed E-state index contributed by atoms with van der Waals surface area (Å²) >= 11 is 0. The van der Waals surface area contributed by atoms with Gasteiger partial charge in [-0.15, -0.1) is 0 Å². The van der Waals surface area contributed by atoms with E-state index in [2.05, 4.69) is 62.9 Å². The number of likely N-dealkylation sites (tertiary alicyclic amines) is 1. The molecule has 186 valence electrons. The fraction of sp³-hybridized carbons (Fsp3) is 0.633. The maximum Gasteiger partial charge on any atom is 0.306 e. The third-order valence-electron chi connectivity index (χ3n) is 8.03. The lowest BCUT2D eigenvalue weighted by atomic mass is 9.72. The summed E-state index contributed by atoms with van der Waals surface area (Å²) < 4.78 is 12.0. The van der Waals surface area contributed by atoms with Gasteiger partial charge in [0.05, 0.1) is 12.7 Å². The van der Waals surface area contributed by atoms with E-state index in [0.717, 1.165) is 50.6 Å². The Morgan fingerprint density at radius 3 is 2.44 bits per heavy atom. The normalized spacial score (nSPS) is 23.9. The summed E-state index contributed by atoms with van der Waals surface area (Å²) in [4.78, 5) is 14.5. The molecule has 2 fully saturated rings. The molecular weight excluding hydrogens is 422 g/mol. The molecule has 1 heterocycles. The summed E-state index contributed by atoms with van der Waals surface area (Å²) in [7, 11) is 0. The topological polar surface area (TPSA) is 38.8 Å². The maximum atomic E-state index is 12.0. The molecule has 1 saturated carbocycles. The van der Waals surface area contributed by atoms with Crippen molar-refractivity contribution < 1.29 is 14.3 Å². The van der Waals surface area contributed by atoms with Crippen molar-refractivity contribution >= 4 is 16.7 Å².